The zero-order valence-electron chi connectivity index (χ0n) is 10.8. The Morgan fingerprint density at radius 3 is 2.94 bits per heavy atom. The lowest BCUT2D eigenvalue weighted by molar-refractivity contribution is 0.150. The summed E-state index contributed by atoms with van der Waals surface area (Å²) in [5, 5.41) is 3.63. The minimum atomic E-state index is 0.702. The van der Waals surface area contributed by atoms with Crippen molar-refractivity contribution in [1.82, 2.24) is 10.2 Å². The van der Waals surface area contributed by atoms with E-state index >= 15 is 0 Å². The molecule has 92 valence electrons. The summed E-state index contributed by atoms with van der Waals surface area (Å²) in [4.78, 5) is 2.67. The number of hydrogen-bond acceptors (Lipinski definition) is 2. The Morgan fingerprint density at radius 2 is 2.25 bits per heavy atom. The molecule has 2 heteroatoms. The van der Waals surface area contributed by atoms with Crippen LogP contribution in [0.15, 0.2) is 12.2 Å². The first kappa shape index (κ1) is 12.1. The highest BCUT2D eigenvalue weighted by atomic mass is 15.2. The summed E-state index contributed by atoms with van der Waals surface area (Å²) in [7, 11) is 0. The van der Waals surface area contributed by atoms with E-state index in [9.17, 15) is 0 Å². The van der Waals surface area contributed by atoms with Gasteiger partial charge in [0.05, 0.1) is 0 Å². The molecule has 1 aliphatic carbocycles. The summed E-state index contributed by atoms with van der Waals surface area (Å²) in [6.07, 6.45) is 8.70. The van der Waals surface area contributed by atoms with Crippen molar-refractivity contribution in [2.24, 2.45) is 11.8 Å². The minimum absolute atomic E-state index is 0.702. The molecule has 16 heavy (non-hydrogen) atoms. The molecule has 1 N–H and O–H groups in total. The summed E-state index contributed by atoms with van der Waals surface area (Å²) < 4.78 is 0. The number of nitrogens with zero attached hydrogens (tertiary/aromatic N) is 1. The van der Waals surface area contributed by atoms with Crippen molar-refractivity contribution in [2.45, 2.75) is 39.2 Å². The second-order valence-electron chi connectivity index (χ2n) is 5.71. The summed E-state index contributed by atoms with van der Waals surface area (Å²) >= 11 is 0. The topological polar surface area (TPSA) is 15.3 Å². The fourth-order valence-corrected chi connectivity index (χ4v) is 2.84. The highest BCUT2D eigenvalue weighted by Crippen LogP contribution is 2.20. The molecule has 0 radical (unpaired) electrons. The Morgan fingerprint density at radius 1 is 1.38 bits per heavy atom. The first-order valence-electron chi connectivity index (χ1n) is 6.86. The van der Waals surface area contributed by atoms with Gasteiger partial charge in [0, 0.05) is 32.2 Å². The molecule has 2 rings (SSSR count). The number of rotatable bonds is 3. The second kappa shape index (κ2) is 5.83. The summed E-state index contributed by atoms with van der Waals surface area (Å²) in [6, 6.07) is 0.702. The van der Waals surface area contributed by atoms with E-state index < -0.39 is 0 Å². The van der Waals surface area contributed by atoms with Crippen LogP contribution in [0.3, 0.4) is 0 Å². The Hall–Kier alpha value is -0.340. The van der Waals surface area contributed by atoms with Crippen molar-refractivity contribution >= 4 is 0 Å². The Bertz CT molecular complexity index is 235. The normalized spacial score (nSPS) is 32.2. The van der Waals surface area contributed by atoms with E-state index in [1.54, 1.807) is 0 Å². The van der Waals surface area contributed by atoms with Crippen LogP contribution < -0.4 is 5.32 Å². The Kier molecular flexibility index (Phi) is 4.42. The molecule has 0 bridgehead atoms. The molecule has 2 atom stereocenters. The SMILES string of the molecule is CC(C)C1CN(CC2CC=CCC2)CCN1. The quantitative estimate of drug-likeness (QED) is 0.737. The van der Waals surface area contributed by atoms with Crippen LogP contribution in [0.2, 0.25) is 0 Å². The molecule has 0 aromatic carbocycles. The summed E-state index contributed by atoms with van der Waals surface area (Å²) in [5.74, 6) is 1.67. The Balaban J connectivity index is 1.78. The van der Waals surface area contributed by atoms with Crippen LogP contribution in [0, 0.1) is 11.8 Å². The van der Waals surface area contributed by atoms with Gasteiger partial charge in [0.15, 0.2) is 0 Å². The van der Waals surface area contributed by atoms with Gasteiger partial charge < -0.3 is 10.2 Å². The molecule has 0 aromatic heterocycles. The minimum Gasteiger partial charge on any atom is -0.311 e. The molecule has 1 saturated heterocycles. The van der Waals surface area contributed by atoms with Crippen LogP contribution >= 0.6 is 0 Å². The van der Waals surface area contributed by atoms with Gasteiger partial charge in [-0.15, -0.1) is 0 Å². The van der Waals surface area contributed by atoms with Gasteiger partial charge in [-0.1, -0.05) is 26.0 Å². The predicted molar refractivity (Wildman–Crippen MR) is 69.5 cm³/mol. The van der Waals surface area contributed by atoms with Crippen LogP contribution in [0.25, 0.3) is 0 Å². The van der Waals surface area contributed by atoms with Crippen molar-refractivity contribution in [3.8, 4) is 0 Å². The number of allylic oxidation sites excluding steroid dienone is 2. The Labute approximate surface area is 100 Å². The van der Waals surface area contributed by atoms with E-state index in [0.29, 0.717) is 6.04 Å². The zero-order valence-corrected chi connectivity index (χ0v) is 10.8. The van der Waals surface area contributed by atoms with E-state index in [1.165, 1.54) is 45.4 Å². The molecule has 2 nitrogen and oxygen atoms in total. The van der Waals surface area contributed by atoms with Crippen molar-refractivity contribution in [2.75, 3.05) is 26.2 Å². The maximum atomic E-state index is 3.63. The van der Waals surface area contributed by atoms with Gasteiger partial charge in [-0.05, 0) is 31.1 Å². The molecule has 2 aliphatic rings. The second-order valence-corrected chi connectivity index (χ2v) is 5.71. The zero-order chi connectivity index (χ0) is 11.4. The van der Waals surface area contributed by atoms with E-state index in [4.69, 9.17) is 0 Å². The lowest BCUT2D eigenvalue weighted by Gasteiger charge is -2.37. The fraction of sp³-hybridized carbons (Fsp3) is 0.857. The lowest BCUT2D eigenvalue weighted by atomic mass is 9.93. The molecule has 0 saturated carbocycles. The summed E-state index contributed by atoms with van der Waals surface area (Å²) in [6.45, 7) is 9.62. The first-order valence-corrected chi connectivity index (χ1v) is 6.86. The average Bonchev–Trinajstić information content (AvgIpc) is 2.30. The molecule has 0 aromatic rings. The molecule has 2 unspecified atom stereocenters. The monoisotopic (exact) mass is 222 g/mol. The van der Waals surface area contributed by atoms with E-state index in [-0.39, 0.29) is 0 Å². The van der Waals surface area contributed by atoms with Crippen molar-refractivity contribution in [3.63, 3.8) is 0 Å². The van der Waals surface area contributed by atoms with Crippen LogP contribution in [-0.2, 0) is 0 Å². The van der Waals surface area contributed by atoms with Gasteiger partial charge in [0.1, 0.15) is 0 Å². The third-order valence-corrected chi connectivity index (χ3v) is 3.99. The maximum Gasteiger partial charge on any atom is 0.0218 e. The van der Waals surface area contributed by atoms with Gasteiger partial charge in [-0.2, -0.15) is 0 Å². The highest BCUT2D eigenvalue weighted by molar-refractivity contribution is 4.91. The fourth-order valence-electron chi connectivity index (χ4n) is 2.84. The maximum absolute atomic E-state index is 3.63. The largest absolute Gasteiger partial charge is 0.311 e. The number of nitrogens with one attached hydrogen (secondary N) is 1. The highest BCUT2D eigenvalue weighted by Gasteiger charge is 2.23. The molecule has 1 fully saturated rings. The van der Waals surface area contributed by atoms with Gasteiger partial charge in [0.25, 0.3) is 0 Å². The van der Waals surface area contributed by atoms with Gasteiger partial charge in [-0.25, -0.2) is 0 Å². The number of piperazine rings is 1. The molecular formula is C14H26N2. The van der Waals surface area contributed by atoms with Crippen LogP contribution in [0.5, 0.6) is 0 Å². The third kappa shape index (κ3) is 3.33. The molecule has 0 spiro atoms. The molecule has 0 amide bonds. The summed E-state index contributed by atoms with van der Waals surface area (Å²) in [5.41, 5.74) is 0. The van der Waals surface area contributed by atoms with Crippen molar-refractivity contribution < 1.29 is 0 Å². The van der Waals surface area contributed by atoms with Crippen molar-refractivity contribution in [3.05, 3.63) is 12.2 Å². The van der Waals surface area contributed by atoms with Gasteiger partial charge in [0.2, 0.25) is 0 Å². The van der Waals surface area contributed by atoms with E-state index in [0.717, 1.165) is 11.8 Å². The van der Waals surface area contributed by atoms with Crippen LogP contribution in [-0.4, -0.2) is 37.1 Å². The standard InChI is InChI=1S/C14H26N2/c1-12(2)14-11-16(9-8-15-14)10-13-6-4-3-5-7-13/h3-4,12-15H,5-11H2,1-2H3. The van der Waals surface area contributed by atoms with Gasteiger partial charge in [-0.3, -0.25) is 0 Å². The van der Waals surface area contributed by atoms with E-state index in [2.05, 4.69) is 36.2 Å². The van der Waals surface area contributed by atoms with Crippen LogP contribution in [0.1, 0.15) is 33.1 Å². The smallest absolute Gasteiger partial charge is 0.0218 e. The lowest BCUT2D eigenvalue weighted by Crippen LogP contribution is -2.53. The third-order valence-electron chi connectivity index (χ3n) is 3.99. The predicted octanol–water partition coefficient (Wildman–Crippen LogP) is 2.27. The molecular weight excluding hydrogens is 196 g/mol. The van der Waals surface area contributed by atoms with E-state index in [1.807, 2.05) is 0 Å². The van der Waals surface area contributed by atoms with Crippen molar-refractivity contribution in [1.29, 1.82) is 0 Å². The average molecular weight is 222 g/mol. The molecule has 1 heterocycles. The molecule has 1 aliphatic heterocycles. The number of hydrogen-bond donors (Lipinski definition) is 1. The van der Waals surface area contributed by atoms with Gasteiger partial charge >= 0.3 is 0 Å². The van der Waals surface area contributed by atoms with Crippen LogP contribution in [0.4, 0.5) is 0 Å². The first-order chi connectivity index (χ1) is 7.75.